The zero-order valence-electron chi connectivity index (χ0n) is 13.9. The summed E-state index contributed by atoms with van der Waals surface area (Å²) in [7, 11) is 0. The van der Waals surface area contributed by atoms with Crippen molar-refractivity contribution < 1.29 is 4.79 Å². The molecule has 0 fully saturated rings. The fourth-order valence-electron chi connectivity index (χ4n) is 3.02. The summed E-state index contributed by atoms with van der Waals surface area (Å²) >= 11 is 7.94. The predicted molar refractivity (Wildman–Crippen MR) is 103 cm³/mol. The van der Waals surface area contributed by atoms with E-state index in [1.165, 1.54) is 11.2 Å². The van der Waals surface area contributed by atoms with Gasteiger partial charge in [0, 0.05) is 21.2 Å². The minimum absolute atomic E-state index is 0.00715. The zero-order chi connectivity index (χ0) is 17.9. The molecule has 1 aliphatic heterocycles. The molecule has 1 atom stereocenters. The van der Waals surface area contributed by atoms with Crippen LogP contribution in [0.2, 0.25) is 5.02 Å². The van der Waals surface area contributed by atoms with Gasteiger partial charge < -0.3 is 5.32 Å². The lowest BCUT2D eigenvalue weighted by Crippen LogP contribution is -2.30. The molecule has 1 aromatic heterocycles. The number of aromatic nitrogens is 3. The van der Waals surface area contributed by atoms with Gasteiger partial charge in [-0.3, -0.25) is 4.79 Å². The Kier molecular flexibility index (Phi) is 4.95. The van der Waals surface area contributed by atoms with E-state index in [1.54, 1.807) is 22.8 Å². The molecule has 5 nitrogen and oxygen atoms in total. The highest BCUT2D eigenvalue weighted by atomic mass is 35.5. The van der Waals surface area contributed by atoms with Crippen LogP contribution >= 0.6 is 23.4 Å². The van der Waals surface area contributed by atoms with Crippen molar-refractivity contribution in [3.63, 3.8) is 0 Å². The number of thioether (sulfide) groups is 1. The number of fused-ring (bicyclic) bond motifs is 1. The number of nitrogens with zero attached hydrogens (tertiary/aromatic N) is 3. The number of rotatable bonds is 4. The van der Waals surface area contributed by atoms with Crippen LogP contribution in [-0.2, 0) is 6.54 Å². The van der Waals surface area contributed by atoms with Gasteiger partial charge in [-0.15, -0.1) is 11.8 Å². The molecule has 3 aromatic rings. The highest BCUT2D eigenvalue weighted by molar-refractivity contribution is 7.99. The Morgan fingerprint density at radius 1 is 1.27 bits per heavy atom. The van der Waals surface area contributed by atoms with E-state index >= 15 is 0 Å². The van der Waals surface area contributed by atoms with Gasteiger partial charge >= 0.3 is 0 Å². The molecule has 0 saturated carbocycles. The first kappa shape index (κ1) is 17.1. The van der Waals surface area contributed by atoms with E-state index in [4.69, 9.17) is 11.6 Å². The third-order valence-electron chi connectivity index (χ3n) is 4.34. The van der Waals surface area contributed by atoms with Gasteiger partial charge in [0.2, 0.25) is 0 Å². The molecule has 1 aliphatic rings. The van der Waals surface area contributed by atoms with Gasteiger partial charge in [0.25, 0.3) is 5.91 Å². The number of hydrogen-bond donors (Lipinski definition) is 1. The third-order valence-corrected chi connectivity index (χ3v) is 5.70. The Morgan fingerprint density at radius 2 is 2.12 bits per heavy atom. The lowest BCUT2D eigenvalue weighted by atomic mass is 10.0. The maximum atomic E-state index is 12.7. The smallest absolute Gasteiger partial charge is 0.251 e. The van der Waals surface area contributed by atoms with Crippen LogP contribution in [-0.4, -0.2) is 26.4 Å². The van der Waals surface area contributed by atoms with Gasteiger partial charge in [-0.2, -0.15) is 5.10 Å². The Balaban J connectivity index is 1.46. The van der Waals surface area contributed by atoms with Gasteiger partial charge in [0.15, 0.2) is 0 Å². The van der Waals surface area contributed by atoms with E-state index in [-0.39, 0.29) is 11.9 Å². The van der Waals surface area contributed by atoms with Gasteiger partial charge in [-0.1, -0.05) is 23.7 Å². The fraction of sp³-hybridized carbons (Fsp3) is 0.211. The van der Waals surface area contributed by atoms with E-state index in [9.17, 15) is 4.79 Å². The molecule has 2 heterocycles. The van der Waals surface area contributed by atoms with Crippen LogP contribution in [0.15, 0.2) is 60.0 Å². The minimum Gasteiger partial charge on any atom is -0.345 e. The van der Waals surface area contributed by atoms with Crippen molar-refractivity contribution in [2.75, 3.05) is 5.75 Å². The molecular formula is C19H17ClN4OS. The van der Waals surface area contributed by atoms with Crippen LogP contribution in [0.25, 0.3) is 0 Å². The molecule has 0 radical (unpaired) electrons. The van der Waals surface area contributed by atoms with E-state index in [2.05, 4.69) is 15.4 Å². The molecule has 2 aromatic carbocycles. The van der Waals surface area contributed by atoms with Crippen LogP contribution in [0.3, 0.4) is 0 Å². The summed E-state index contributed by atoms with van der Waals surface area (Å²) in [5.41, 5.74) is 2.82. The predicted octanol–water partition coefficient (Wildman–Crippen LogP) is 3.95. The van der Waals surface area contributed by atoms with E-state index in [0.29, 0.717) is 17.1 Å². The standard InChI is InChI=1S/C19H17ClN4OS/c20-15-5-6-18-16(9-15)17(7-8-26-18)23-19(25)14-3-1-13(2-4-14)10-24-12-21-11-22-24/h1-6,9,11-12,17H,7-8,10H2,(H,23,25)/t17-/m1/s1. The first-order valence-corrected chi connectivity index (χ1v) is 9.70. The van der Waals surface area contributed by atoms with Crippen molar-refractivity contribution in [2.45, 2.75) is 23.9 Å². The van der Waals surface area contributed by atoms with Gasteiger partial charge in [-0.05, 0) is 47.9 Å². The fourth-order valence-corrected chi connectivity index (χ4v) is 4.31. The van der Waals surface area contributed by atoms with Crippen LogP contribution in [0.5, 0.6) is 0 Å². The molecule has 0 saturated heterocycles. The number of halogens is 1. The lowest BCUT2D eigenvalue weighted by molar-refractivity contribution is 0.0935. The van der Waals surface area contributed by atoms with Crippen molar-refractivity contribution in [1.82, 2.24) is 20.1 Å². The summed E-state index contributed by atoms with van der Waals surface area (Å²) in [6.07, 6.45) is 4.08. The zero-order valence-corrected chi connectivity index (χ0v) is 15.5. The first-order chi connectivity index (χ1) is 12.7. The second-order valence-electron chi connectivity index (χ2n) is 6.14. The number of benzene rings is 2. The Morgan fingerprint density at radius 3 is 2.88 bits per heavy atom. The molecule has 4 rings (SSSR count). The summed E-state index contributed by atoms with van der Waals surface area (Å²) in [5.74, 6) is 0.913. The molecule has 0 aliphatic carbocycles. The Bertz CT molecular complexity index is 912. The largest absolute Gasteiger partial charge is 0.345 e. The Hall–Kier alpha value is -2.31. The molecule has 1 N–H and O–H groups in total. The highest BCUT2D eigenvalue weighted by Gasteiger charge is 2.23. The number of amides is 1. The summed E-state index contributed by atoms with van der Waals surface area (Å²) in [6, 6.07) is 13.4. The Labute approximate surface area is 160 Å². The number of carbonyl (C=O) groups excluding carboxylic acids is 1. The summed E-state index contributed by atoms with van der Waals surface area (Å²) in [5, 5.41) is 7.93. The summed E-state index contributed by atoms with van der Waals surface area (Å²) in [4.78, 5) is 17.8. The third kappa shape index (κ3) is 3.76. The molecule has 132 valence electrons. The molecule has 0 spiro atoms. The topological polar surface area (TPSA) is 59.8 Å². The van der Waals surface area contributed by atoms with Crippen molar-refractivity contribution in [3.05, 3.63) is 76.8 Å². The average Bonchev–Trinajstić information content (AvgIpc) is 3.16. The van der Waals surface area contributed by atoms with E-state index in [0.717, 1.165) is 23.3 Å². The highest BCUT2D eigenvalue weighted by Crippen LogP contribution is 2.37. The molecular weight excluding hydrogens is 368 g/mol. The normalized spacial score (nSPS) is 16.1. The summed E-state index contributed by atoms with van der Waals surface area (Å²) < 4.78 is 1.75. The van der Waals surface area contributed by atoms with Crippen molar-refractivity contribution >= 4 is 29.3 Å². The summed E-state index contributed by atoms with van der Waals surface area (Å²) in [6.45, 7) is 0.633. The second-order valence-corrected chi connectivity index (χ2v) is 7.71. The van der Waals surface area contributed by atoms with Crippen LogP contribution < -0.4 is 5.32 Å². The number of nitrogens with one attached hydrogen (secondary N) is 1. The maximum absolute atomic E-state index is 12.7. The SMILES string of the molecule is O=C(N[C@@H]1CCSc2ccc(Cl)cc21)c1ccc(Cn2cncn2)cc1. The molecule has 0 bridgehead atoms. The van der Waals surface area contributed by atoms with Crippen molar-refractivity contribution in [2.24, 2.45) is 0 Å². The van der Waals surface area contributed by atoms with Crippen LogP contribution in [0.4, 0.5) is 0 Å². The van der Waals surface area contributed by atoms with Crippen LogP contribution in [0, 0.1) is 0 Å². The maximum Gasteiger partial charge on any atom is 0.251 e. The van der Waals surface area contributed by atoms with E-state index < -0.39 is 0 Å². The van der Waals surface area contributed by atoms with Crippen LogP contribution in [0.1, 0.15) is 33.9 Å². The van der Waals surface area contributed by atoms with Gasteiger partial charge in [0.1, 0.15) is 12.7 Å². The lowest BCUT2D eigenvalue weighted by Gasteiger charge is -2.26. The number of hydrogen-bond acceptors (Lipinski definition) is 4. The number of carbonyl (C=O) groups is 1. The molecule has 0 unspecified atom stereocenters. The van der Waals surface area contributed by atoms with Crippen molar-refractivity contribution in [3.8, 4) is 0 Å². The van der Waals surface area contributed by atoms with Gasteiger partial charge in [-0.25, -0.2) is 9.67 Å². The molecule has 1 amide bonds. The quantitative estimate of drug-likeness (QED) is 0.740. The second kappa shape index (κ2) is 7.51. The van der Waals surface area contributed by atoms with Crippen molar-refractivity contribution in [1.29, 1.82) is 0 Å². The first-order valence-electron chi connectivity index (χ1n) is 8.33. The molecule has 7 heteroatoms. The monoisotopic (exact) mass is 384 g/mol. The average molecular weight is 385 g/mol. The van der Waals surface area contributed by atoms with E-state index in [1.807, 2.05) is 42.5 Å². The minimum atomic E-state index is -0.0693. The molecule has 26 heavy (non-hydrogen) atoms. The van der Waals surface area contributed by atoms with Gasteiger partial charge in [0.05, 0.1) is 12.6 Å².